The van der Waals surface area contributed by atoms with Gasteiger partial charge in [0.1, 0.15) is 24.0 Å². The molecule has 5 nitrogen and oxygen atoms in total. The first-order chi connectivity index (χ1) is 10.7. The molecular formula is C16H11N3O2S. The van der Waals surface area contributed by atoms with E-state index < -0.39 is 5.91 Å². The Balaban J connectivity index is 2.10. The fourth-order valence-electron chi connectivity index (χ4n) is 1.55. The molecule has 0 saturated carbocycles. The van der Waals surface area contributed by atoms with E-state index in [-0.39, 0.29) is 12.2 Å². The first-order valence-corrected chi connectivity index (χ1v) is 7.10. The van der Waals surface area contributed by atoms with Crippen molar-refractivity contribution in [1.29, 1.82) is 5.26 Å². The number of ether oxygens (including phenoxy) is 1. The maximum atomic E-state index is 12.0. The minimum atomic E-state index is -0.495. The van der Waals surface area contributed by atoms with Gasteiger partial charge >= 0.3 is 0 Å². The average Bonchev–Trinajstić information content (AvgIpc) is 3.04. The fraction of sp³-hybridized carbons (Fsp3) is 0.0625. The molecule has 0 saturated heterocycles. The van der Waals surface area contributed by atoms with Crippen LogP contribution in [-0.2, 0) is 4.79 Å². The monoisotopic (exact) mass is 309 g/mol. The van der Waals surface area contributed by atoms with Crippen molar-refractivity contribution in [3.05, 3.63) is 47.0 Å². The molecule has 0 radical (unpaired) electrons. The second kappa shape index (κ2) is 7.63. The smallest absolute Gasteiger partial charge is 0.268 e. The summed E-state index contributed by atoms with van der Waals surface area (Å²) in [6.07, 6.45) is 8.18. The van der Waals surface area contributed by atoms with E-state index in [9.17, 15) is 4.79 Å². The van der Waals surface area contributed by atoms with Crippen LogP contribution in [0.3, 0.4) is 0 Å². The largest absolute Gasteiger partial charge is 0.481 e. The Morgan fingerprint density at radius 3 is 2.82 bits per heavy atom. The zero-order chi connectivity index (χ0) is 15.8. The maximum absolute atomic E-state index is 12.0. The maximum Gasteiger partial charge on any atom is 0.268 e. The van der Waals surface area contributed by atoms with Crippen LogP contribution in [0.5, 0.6) is 5.75 Å². The van der Waals surface area contributed by atoms with E-state index in [2.05, 4.69) is 16.2 Å². The summed E-state index contributed by atoms with van der Waals surface area (Å²) in [7, 11) is 0. The van der Waals surface area contributed by atoms with Gasteiger partial charge in [-0.3, -0.25) is 10.1 Å². The van der Waals surface area contributed by atoms with Crippen LogP contribution >= 0.6 is 11.3 Å². The highest BCUT2D eigenvalue weighted by Gasteiger charge is 2.10. The number of benzene rings is 1. The van der Waals surface area contributed by atoms with Crippen molar-refractivity contribution in [3.63, 3.8) is 0 Å². The predicted octanol–water partition coefficient (Wildman–Crippen LogP) is 2.70. The Hall–Kier alpha value is -3.09. The summed E-state index contributed by atoms with van der Waals surface area (Å²) < 4.78 is 5.25. The van der Waals surface area contributed by atoms with Crippen molar-refractivity contribution in [2.75, 3.05) is 11.9 Å². The third kappa shape index (κ3) is 4.20. The number of hydrogen-bond acceptors (Lipinski definition) is 5. The van der Waals surface area contributed by atoms with Crippen molar-refractivity contribution < 1.29 is 9.53 Å². The third-order valence-electron chi connectivity index (χ3n) is 2.53. The van der Waals surface area contributed by atoms with Crippen LogP contribution in [0.2, 0.25) is 0 Å². The van der Waals surface area contributed by atoms with Gasteiger partial charge < -0.3 is 4.74 Å². The van der Waals surface area contributed by atoms with Crippen LogP contribution in [0.25, 0.3) is 6.08 Å². The molecule has 2 rings (SSSR count). The molecule has 1 heterocycles. The highest BCUT2D eigenvalue weighted by atomic mass is 32.1. The number of nitriles is 1. The van der Waals surface area contributed by atoms with Crippen molar-refractivity contribution >= 4 is 28.5 Å². The molecule has 0 aliphatic carbocycles. The number of amides is 1. The van der Waals surface area contributed by atoms with Crippen LogP contribution in [-0.4, -0.2) is 17.5 Å². The molecule has 0 atom stereocenters. The topological polar surface area (TPSA) is 75.0 Å². The van der Waals surface area contributed by atoms with Gasteiger partial charge in [0.05, 0.1) is 0 Å². The lowest BCUT2D eigenvalue weighted by atomic mass is 10.1. The van der Waals surface area contributed by atoms with E-state index in [1.54, 1.807) is 35.8 Å². The number of nitrogens with one attached hydrogen (secondary N) is 1. The minimum absolute atomic E-state index is 0.00695. The molecule has 1 aromatic heterocycles. The van der Waals surface area contributed by atoms with E-state index in [4.69, 9.17) is 16.4 Å². The Kier molecular flexibility index (Phi) is 5.31. The Labute approximate surface area is 131 Å². The SMILES string of the molecule is C#CCOc1ccc(/C=C(/C#N)C(=O)Nc2nccs2)cc1. The van der Waals surface area contributed by atoms with Gasteiger partial charge in [0.15, 0.2) is 5.13 Å². The van der Waals surface area contributed by atoms with Gasteiger partial charge in [0, 0.05) is 11.6 Å². The zero-order valence-corrected chi connectivity index (χ0v) is 12.3. The van der Waals surface area contributed by atoms with Crippen molar-refractivity contribution in [1.82, 2.24) is 4.98 Å². The number of carbonyl (C=O) groups is 1. The lowest BCUT2D eigenvalue weighted by molar-refractivity contribution is -0.112. The van der Waals surface area contributed by atoms with Crippen LogP contribution in [0, 0.1) is 23.7 Å². The van der Waals surface area contributed by atoms with Gasteiger partial charge in [-0.15, -0.1) is 17.8 Å². The van der Waals surface area contributed by atoms with Crippen LogP contribution < -0.4 is 10.1 Å². The summed E-state index contributed by atoms with van der Waals surface area (Å²) in [4.78, 5) is 15.9. The Morgan fingerprint density at radius 2 is 2.23 bits per heavy atom. The highest BCUT2D eigenvalue weighted by molar-refractivity contribution is 7.13. The van der Waals surface area contributed by atoms with Crippen molar-refractivity contribution in [2.45, 2.75) is 0 Å². The number of carbonyl (C=O) groups excluding carboxylic acids is 1. The fourth-order valence-corrected chi connectivity index (χ4v) is 2.07. The minimum Gasteiger partial charge on any atom is -0.481 e. The van der Waals surface area contributed by atoms with Crippen LogP contribution in [0.1, 0.15) is 5.56 Å². The van der Waals surface area contributed by atoms with E-state index in [0.29, 0.717) is 16.4 Å². The second-order valence-corrected chi connectivity index (χ2v) is 4.92. The summed E-state index contributed by atoms with van der Waals surface area (Å²) in [6, 6.07) is 8.79. The van der Waals surface area contributed by atoms with Gasteiger partial charge in [-0.2, -0.15) is 5.26 Å². The number of nitrogens with zero attached hydrogens (tertiary/aromatic N) is 2. The quantitative estimate of drug-likeness (QED) is 0.523. The molecule has 6 heteroatoms. The number of terminal acetylenes is 1. The van der Waals surface area contributed by atoms with Gasteiger partial charge in [-0.05, 0) is 23.8 Å². The molecule has 1 aromatic carbocycles. The molecule has 1 N–H and O–H groups in total. The van der Waals surface area contributed by atoms with E-state index >= 15 is 0 Å². The number of rotatable bonds is 5. The summed E-state index contributed by atoms with van der Waals surface area (Å²) in [6.45, 7) is 0.189. The van der Waals surface area contributed by atoms with Gasteiger partial charge in [-0.1, -0.05) is 18.1 Å². The lowest BCUT2D eigenvalue weighted by Gasteiger charge is -2.03. The second-order valence-electron chi connectivity index (χ2n) is 4.02. The standard InChI is InChI=1S/C16H11N3O2S/c1-2-8-21-14-5-3-12(4-6-14)10-13(11-17)15(20)19-16-18-7-9-22-16/h1,3-7,9-10H,8H2,(H,18,19,20)/b13-10-. The van der Waals surface area contributed by atoms with Crippen LogP contribution in [0.15, 0.2) is 41.4 Å². The molecule has 0 bridgehead atoms. The average molecular weight is 309 g/mol. The zero-order valence-electron chi connectivity index (χ0n) is 11.4. The molecule has 1 amide bonds. The van der Waals surface area contributed by atoms with Crippen molar-refractivity contribution in [3.8, 4) is 24.2 Å². The first kappa shape index (κ1) is 15.3. The number of thiazole rings is 1. The highest BCUT2D eigenvalue weighted by Crippen LogP contribution is 2.16. The molecule has 0 aliphatic heterocycles. The normalized spacial score (nSPS) is 10.4. The van der Waals surface area contributed by atoms with E-state index in [1.165, 1.54) is 17.4 Å². The number of aromatic nitrogens is 1. The molecule has 108 valence electrons. The van der Waals surface area contributed by atoms with Gasteiger partial charge in [-0.25, -0.2) is 4.98 Å². The summed E-state index contributed by atoms with van der Waals surface area (Å²) in [5.74, 6) is 2.50. The number of hydrogen-bond donors (Lipinski definition) is 1. The first-order valence-electron chi connectivity index (χ1n) is 6.22. The molecule has 0 spiro atoms. The third-order valence-corrected chi connectivity index (χ3v) is 3.22. The lowest BCUT2D eigenvalue weighted by Crippen LogP contribution is -2.13. The number of anilines is 1. The molecule has 22 heavy (non-hydrogen) atoms. The molecule has 0 unspecified atom stereocenters. The van der Waals surface area contributed by atoms with Gasteiger partial charge in [0.2, 0.25) is 0 Å². The van der Waals surface area contributed by atoms with Gasteiger partial charge in [0.25, 0.3) is 5.91 Å². The molecule has 0 aliphatic rings. The van der Waals surface area contributed by atoms with E-state index in [1.807, 2.05) is 6.07 Å². The predicted molar refractivity (Wildman–Crippen MR) is 85.1 cm³/mol. The van der Waals surface area contributed by atoms with E-state index in [0.717, 1.165) is 0 Å². The molecule has 2 aromatic rings. The summed E-state index contributed by atoms with van der Waals surface area (Å²) in [5.41, 5.74) is 0.700. The Morgan fingerprint density at radius 1 is 1.45 bits per heavy atom. The molecular weight excluding hydrogens is 298 g/mol. The molecule has 0 fully saturated rings. The van der Waals surface area contributed by atoms with Crippen molar-refractivity contribution in [2.24, 2.45) is 0 Å². The summed E-state index contributed by atoms with van der Waals surface area (Å²) >= 11 is 1.28. The van der Waals surface area contributed by atoms with Crippen LogP contribution in [0.4, 0.5) is 5.13 Å². The summed E-state index contributed by atoms with van der Waals surface area (Å²) in [5, 5.41) is 13.9. The Bertz CT molecular complexity index is 750.